The number of methoxy groups -OCH3 is 3. The largest absolute Gasteiger partial charge is 0.467 e. The molecule has 9 nitrogen and oxygen atoms in total. The van der Waals surface area contributed by atoms with E-state index in [1.165, 1.54) is 11.1 Å². The molecule has 2 saturated heterocycles. The summed E-state index contributed by atoms with van der Waals surface area (Å²) in [7, 11) is 3.30. The molecular weight excluding hydrogens is 456 g/mol. The highest BCUT2D eigenvalue weighted by atomic mass is 16.8. The van der Waals surface area contributed by atoms with Gasteiger partial charge >= 0.3 is 17.9 Å². The Balaban J connectivity index is 1.72. The Morgan fingerprint density at radius 1 is 1.03 bits per heavy atom. The van der Waals surface area contributed by atoms with Crippen LogP contribution in [0.2, 0.25) is 0 Å². The lowest BCUT2D eigenvalue weighted by Crippen LogP contribution is -2.72. The first-order valence-corrected chi connectivity index (χ1v) is 11.9. The first kappa shape index (κ1) is 25.6. The minimum Gasteiger partial charge on any atom is -0.467 e. The van der Waals surface area contributed by atoms with Gasteiger partial charge in [0.1, 0.15) is 0 Å². The molecule has 2 aliphatic heterocycles. The number of hydrogen-bond acceptors (Lipinski definition) is 9. The van der Waals surface area contributed by atoms with Gasteiger partial charge in [-0.05, 0) is 48.1 Å². The maximum absolute atomic E-state index is 13.1. The molecule has 6 unspecified atom stereocenters. The number of benzene rings is 1. The van der Waals surface area contributed by atoms with Crippen LogP contribution in [0, 0.1) is 5.92 Å². The van der Waals surface area contributed by atoms with Crippen molar-refractivity contribution >= 4 is 17.9 Å². The number of hydrogen-bond donors (Lipinski definition) is 1. The summed E-state index contributed by atoms with van der Waals surface area (Å²) in [6.07, 6.45) is 1.06. The van der Waals surface area contributed by atoms with E-state index in [1.807, 2.05) is 12.1 Å². The van der Waals surface area contributed by atoms with Gasteiger partial charge in [0, 0.05) is 12.8 Å². The van der Waals surface area contributed by atoms with Crippen LogP contribution in [0.4, 0.5) is 0 Å². The molecule has 4 rings (SSSR count). The zero-order valence-corrected chi connectivity index (χ0v) is 20.9. The van der Waals surface area contributed by atoms with Crippen molar-refractivity contribution in [2.45, 2.75) is 80.9 Å². The fraction of sp³-hybridized carbons (Fsp3) is 0.654. The van der Waals surface area contributed by atoms with Gasteiger partial charge in [0.25, 0.3) is 0 Å². The van der Waals surface area contributed by atoms with E-state index in [0.717, 1.165) is 34.2 Å². The lowest BCUT2D eigenvalue weighted by atomic mass is 9.65. The van der Waals surface area contributed by atoms with E-state index in [1.54, 1.807) is 0 Å². The molecule has 0 radical (unpaired) electrons. The number of carbonyl (C=O) groups excluding carboxylic acids is 3. The molecule has 0 spiro atoms. The number of rotatable bonds is 6. The number of ether oxygens (including phenoxy) is 5. The fourth-order valence-electron chi connectivity index (χ4n) is 6.40. The topological polar surface area (TPSA) is 118 Å². The first-order chi connectivity index (χ1) is 16.5. The maximum atomic E-state index is 13.1. The van der Waals surface area contributed by atoms with E-state index in [9.17, 15) is 19.5 Å². The molecule has 1 N–H and O–H groups in total. The van der Waals surface area contributed by atoms with Crippen LogP contribution in [0.3, 0.4) is 0 Å². The third-order valence-electron chi connectivity index (χ3n) is 8.05. The minimum absolute atomic E-state index is 0.0676. The van der Waals surface area contributed by atoms with Gasteiger partial charge in [-0.15, -0.1) is 0 Å². The minimum atomic E-state index is -2.50. The highest BCUT2D eigenvalue weighted by Gasteiger charge is 2.79. The molecule has 1 aromatic carbocycles. The van der Waals surface area contributed by atoms with Crippen molar-refractivity contribution in [2.75, 3.05) is 21.3 Å². The van der Waals surface area contributed by atoms with Crippen LogP contribution in [-0.2, 0) is 49.9 Å². The number of carbonyl (C=O) groups is 3. The molecule has 1 aromatic rings. The normalized spacial score (nSPS) is 37.8. The smallest absolute Gasteiger partial charge is 0.345 e. The second kappa shape index (κ2) is 8.87. The first-order valence-electron chi connectivity index (χ1n) is 11.9. The molecule has 3 aliphatic rings. The van der Waals surface area contributed by atoms with E-state index in [-0.39, 0.29) is 18.3 Å². The van der Waals surface area contributed by atoms with Gasteiger partial charge in [-0.1, -0.05) is 38.1 Å². The summed E-state index contributed by atoms with van der Waals surface area (Å²) >= 11 is 0. The summed E-state index contributed by atoms with van der Waals surface area (Å²) in [5, 5.41) is 11.5. The van der Waals surface area contributed by atoms with Gasteiger partial charge in [0.05, 0.1) is 21.3 Å². The molecule has 2 heterocycles. The highest BCUT2D eigenvalue weighted by molar-refractivity contribution is 5.98. The van der Waals surface area contributed by atoms with Crippen molar-refractivity contribution in [3.8, 4) is 0 Å². The number of fused-ring (bicyclic) bond motifs is 3. The summed E-state index contributed by atoms with van der Waals surface area (Å²) < 4.78 is 26.9. The van der Waals surface area contributed by atoms with Crippen LogP contribution in [-0.4, -0.2) is 67.4 Å². The molecule has 0 aromatic heterocycles. The summed E-state index contributed by atoms with van der Waals surface area (Å²) in [6, 6.07) is 8.36. The number of esters is 3. The Kier molecular flexibility index (Phi) is 6.49. The monoisotopic (exact) mass is 490 g/mol. The predicted molar refractivity (Wildman–Crippen MR) is 122 cm³/mol. The molecule has 0 amide bonds. The van der Waals surface area contributed by atoms with Crippen molar-refractivity contribution in [3.05, 3.63) is 35.4 Å². The van der Waals surface area contributed by atoms with E-state index < -0.39 is 41.0 Å². The molecule has 0 saturated carbocycles. The molecule has 1 aliphatic carbocycles. The Bertz CT molecular complexity index is 1020. The van der Waals surface area contributed by atoms with Gasteiger partial charge < -0.3 is 28.8 Å². The van der Waals surface area contributed by atoms with Crippen LogP contribution < -0.4 is 0 Å². The van der Waals surface area contributed by atoms with E-state index in [0.29, 0.717) is 18.8 Å². The summed E-state index contributed by atoms with van der Waals surface area (Å²) in [5.74, 6) is -4.09. The van der Waals surface area contributed by atoms with E-state index in [2.05, 4.69) is 26.0 Å². The van der Waals surface area contributed by atoms with Crippen molar-refractivity contribution in [1.82, 2.24) is 0 Å². The molecule has 2 fully saturated rings. The standard InChI is InChI=1S/C26H34O9/c1-16-14-17-8-6-7-9-18(17)23(2,15-16)10-11-24-12-13-25(30,21(28)32-4)26(35-24,22(29)33-5)19(34-24)20(27)31-3/h6-9,16,19,30H,10-15H2,1-5H3. The average Bonchev–Trinajstić information content (AvgIpc) is 3.17. The molecule has 9 heteroatoms. The Morgan fingerprint density at radius 3 is 2.37 bits per heavy atom. The van der Waals surface area contributed by atoms with Crippen molar-refractivity contribution in [2.24, 2.45) is 5.92 Å². The quantitative estimate of drug-likeness (QED) is 0.473. The van der Waals surface area contributed by atoms with Crippen molar-refractivity contribution in [3.63, 3.8) is 0 Å². The summed E-state index contributed by atoms with van der Waals surface area (Å²) in [6.45, 7) is 4.42. The van der Waals surface area contributed by atoms with Gasteiger partial charge in [0.2, 0.25) is 17.3 Å². The van der Waals surface area contributed by atoms with Crippen molar-refractivity contribution < 1.29 is 43.2 Å². The second-order valence-electron chi connectivity index (χ2n) is 10.3. The molecular formula is C26H34O9. The van der Waals surface area contributed by atoms with Crippen LogP contribution in [0.25, 0.3) is 0 Å². The number of aliphatic hydroxyl groups is 1. The SMILES string of the molecule is COC(=O)C1OC2(CCC3(C)CC(C)Cc4ccccc43)CCC(O)(C(=O)OC)C1(C(=O)OC)O2. The zero-order valence-electron chi connectivity index (χ0n) is 20.9. The molecule has 35 heavy (non-hydrogen) atoms. The molecule has 192 valence electrons. The third-order valence-corrected chi connectivity index (χ3v) is 8.05. The van der Waals surface area contributed by atoms with E-state index >= 15 is 0 Å². The molecule has 2 bridgehead atoms. The van der Waals surface area contributed by atoms with Gasteiger partial charge in [-0.2, -0.15) is 0 Å². The van der Waals surface area contributed by atoms with Crippen LogP contribution in [0.1, 0.15) is 57.1 Å². The summed E-state index contributed by atoms with van der Waals surface area (Å²) in [5.41, 5.74) is -2.58. The van der Waals surface area contributed by atoms with Crippen LogP contribution >= 0.6 is 0 Å². The van der Waals surface area contributed by atoms with Gasteiger partial charge in [-0.3, -0.25) is 0 Å². The van der Waals surface area contributed by atoms with Gasteiger partial charge in [0.15, 0.2) is 5.79 Å². The highest BCUT2D eigenvalue weighted by Crippen LogP contribution is 2.56. The maximum Gasteiger partial charge on any atom is 0.345 e. The fourth-order valence-corrected chi connectivity index (χ4v) is 6.40. The van der Waals surface area contributed by atoms with Crippen LogP contribution in [0.15, 0.2) is 24.3 Å². The predicted octanol–water partition coefficient (Wildman–Crippen LogP) is 2.20. The van der Waals surface area contributed by atoms with Crippen molar-refractivity contribution in [1.29, 1.82) is 0 Å². The molecule has 6 atom stereocenters. The van der Waals surface area contributed by atoms with E-state index in [4.69, 9.17) is 23.7 Å². The second-order valence-corrected chi connectivity index (χ2v) is 10.3. The Labute approximate surface area is 205 Å². The van der Waals surface area contributed by atoms with Crippen LogP contribution in [0.5, 0.6) is 0 Å². The van der Waals surface area contributed by atoms with Gasteiger partial charge in [-0.25, -0.2) is 14.4 Å². The Morgan fingerprint density at radius 2 is 1.71 bits per heavy atom. The lowest BCUT2D eigenvalue weighted by Gasteiger charge is -2.46. The lowest BCUT2D eigenvalue weighted by molar-refractivity contribution is -0.273. The average molecular weight is 491 g/mol. The third kappa shape index (κ3) is 3.75. The Hall–Kier alpha value is -2.49. The summed E-state index contributed by atoms with van der Waals surface area (Å²) in [4.78, 5) is 38.7. The zero-order chi connectivity index (χ0) is 25.6.